The van der Waals surface area contributed by atoms with Crippen molar-refractivity contribution in [2.45, 2.75) is 49.6 Å². The number of amides is 1. The Balaban J connectivity index is 1.33. The van der Waals surface area contributed by atoms with Gasteiger partial charge in [-0.3, -0.25) is 4.79 Å². The fraction of sp³-hybridized carbons (Fsp3) is 0.333. The van der Waals surface area contributed by atoms with Crippen LogP contribution in [0.1, 0.15) is 44.2 Å². The summed E-state index contributed by atoms with van der Waals surface area (Å²) < 4.78 is 41.6. The normalized spacial score (nSPS) is 19.8. The maximum Gasteiger partial charge on any atom is 0.240 e. The number of rotatable bonds is 6. The molecular weight excluding hydrogens is 445 g/mol. The van der Waals surface area contributed by atoms with Crippen LogP contribution in [0.3, 0.4) is 0 Å². The van der Waals surface area contributed by atoms with E-state index in [1.807, 2.05) is 6.92 Å². The number of nitrogens with zero attached hydrogens (tertiary/aromatic N) is 1. The lowest BCUT2D eigenvalue weighted by Crippen LogP contribution is -2.41. The molecule has 174 valence electrons. The van der Waals surface area contributed by atoms with Crippen LogP contribution in [0.15, 0.2) is 59.5 Å². The molecule has 1 heterocycles. The minimum Gasteiger partial charge on any atom is -0.493 e. The topological polar surface area (TPSA) is 108 Å². The van der Waals surface area contributed by atoms with Gasteiger partial charge in [-0.05, 0) is 74.6 Å². The predicted molar refractivity (Wildman–Crippen MR) is 122 cm³/mol. The van der Waals surface area contributed by atoms with Crippen LogP contribution in [0.2, 0.25) is 0 Å². The SMILES string of the molecule is C[C@@H](NC(=O)C1CCC(NS(=O)(=O)c2ccc3nc(O)ccc3c2)CC1)c1ccc(F)cc1. The lowest BCUT2D eigenvalue weighted by Gasteiger charge is -2.29. The minimum atomic E-state index is -3.73. The van der Waals surface area contributed by atoms with E-state index < -0.39 is 10.0 Å². The van der Waals surface area contributed by atoms with Gasteiger partial charge in [0.15, 0.2) is 0 Å². The predicted octanol–water partition coefficient (Wildman–Crippen LogP) is 3.79. The summed E-state index contributed by atoms with van der Waals surface area (Å²) in [6, 6.07) is 13.1. The number of halogens is 1. The molecule has 33 heavy (non-hydrogen) atoms. The summed E-state index contributed by atoms with van der Waals surface area (Å²) in [5.41, 5.74) is 1.34. The fourth-order valence-corrected chi connectivity index (χ4v) is 5.53. The molecule has 3 aromatic rings. The second kappa shape index (κ2) is 9.44. The molecule has 0 saturated heterocycles. The summed E-state index contributed by atoms with van der Waals surface area (Å²) in [4.78, 5) is 16.8. The summed E-state index contributed by atoms with van der Waals surface area (Å²) in [7, 11) is -3.73. The van der Waals surface area contributed by atoms with Gasteiger partial charge in [0.25, 0.3) is 0 Å². The number of fused-ring (bicyclic) bond motifs is 1. The Labute approximate surface area is 192 Å². The average molecular weight is 472 g/mol. The third kappa shape index (κ3) is 5.48. The van der Waals surface area contributed by atoms with Crippen molar-refractivity contribution in [3.8, 4) is 5.88 Å². The van der Waals surface area contributed by atoms with Gasteiger partial charge in [0, 0.05) is 23.4 Å². The molecule has 1 aliphatic rings. The highest BCUT2D eigenvalue weighted by Crippen LogP contribution is 2.27. The Hall–Kier alpha value is -3.04. The molecule has 0 spiro atoms. The van der Waals surface area contributed by atoms with E-state index in [-0.39, 0.29) is 40.5 Å². The zero-order valence-corrected chi connectivity index (χ0v) is 19.0. The van der Waals surface area contributed by atoms with E-state index in [9.17, 15) is 22.7 Å². The fourth-order valence-electron chi connectivity index (χ4n) is 4.19. The monoisotopic (exact) mass is 471 g/mol. The molecule has 0 radical (unpaired) electrons. The number of sulfonamides is 1. The highest BCUT2D eigenvalue weighted by Gasteiger charge is 2.30. The highest BCUT2D eigenvalue weighted by atomic mass is 32.2. The van der Waals surface area contributed by atoms with Gasteiger partial charge in [0.05, 0.1) is 16.5 Å². The molecule has 1 amide bonds. The van der Waals surface area contributed by atoms with Crippen LogP contribution >= 0.6 is 0 Å². The van der Waals surface area contributed by atoms with Gasteiger partial charge < -0.3 is 10.4 Å². The molecule has 7 nitrogen and oxygen atoms in total. The highest BCUT2D eigenvalue weighted by molar-refractivity contribution is 7.89. The first-order valence-corrected chi connectivity index (χ1v) is 12.4. The number of hydrogen-bond acceptors (Lipinski definition) is 5. The Morgan fingerprint density at radius 2 is 1.76 bits per heavy atom. The number of aromatic hydroxyl groups is 1. The van der Waals surface area contributed by atoms with Crippen LogP contribution in [0.4, 0.5) is 4.39 Å². The van der Waals surface area contributed by atoms with Crippen molar-refractivity contribution >= 4 is 26.8 Å². The molecule has 0 unspecified atom stereocenters. The zero-order chi connectivity index (χ0) is 23.6. The van der Waals surface area contributed by atoms with Crippen molar-refractivity contribution in [2.75, 3.05) is 0 Å². The second-order valence-corrected chi connectivity index (χ2v) is 10.2. The van der Waals surface area contributed by atoms with E-state index in [0.29, 0.717) is 36.6 Å². The number of pyridine rings is 1. The molecule has 1 aliphatic carbocycles. The molecule has 1 fully saturated rings. The number of benzene rings is 2. The first-order valence-electron chi connectivity index (χ1n) is 10.9. The molecule has 1 aromatic heterocycles. The van der Waals surface area contributed by atoms with Crippen LogP contribution < -0.4 is 10.0 Å². The van der Waals surface area contributed by atoms with Gasteiger partial charge in [0.2, 0.25) is 21.8 Å². The Bertz CT molecular complexity index is 1260. The van der Waals surface area contributed by atoms with Crippen LogP contribution in [-0.2, 0) is 14.8 Å². The van der Waals surface area contributed by atoms with Crippen molar-refractivity contribution in [1.82, 2.24) is 15.0 Å². The number of hydrogen-bond donors (Lipinski definition) is 3. The average Bonchev–Trinajstić information content (AvgIpc) is 2.79. The van der Waals surface area contributed by atoms with E-state index in [4.69, 9.17) is 0 Å². The number of carbonyl (C=O) groups is 1. The maximum atomic E-state index is 13.1. The van der Waals surface area contributed by atoms with Crippen molar-refractivity contribution in [2.24, 2.45) is 5.92 Å². The summed E-state index contributed by atoms with van der Waals surface area (Å²) in [5.74, 6) is -0.701. The molecular formula is C24H26FN3O4S. The molecule has 1 atom stereocenters. The van der Waals surface area contributed by atoms with Gasteiger partial charge in [-0.1, -0.05) is 12.1 Å². The minimum absolute atomic E-state index is 0.0709. The first kappa shape index (κ1) is 23.1. The molecule has 0 bridgehead atoms. The summed E-state index contributed by atoms with van der Waals surface area (Å²) in [6.07, 6.45) is 2.28. The third-order valence-corrected chi connectivity index (χ3v) is 7.62. The molecule has 3 N–H and O–H groups in total. The van der Waals surface area contributed by atoms with E-state index in [1.54, 1.807) is 24.3 Å². The Kier molecular flexibility index (Phi) is 6.62. The zero-order valence-electron chi connectivity index (χ0n) is 18.2. The first-order chi connectivity index (χ1) is 15.7. The quantitative estimate of drug-likeness (QED) is 0.507. The number of carbonyl (C=O) groups excluding carboxylic acids is 1. The third-order valence-electron chi connectivity index (χ3n) is 6.10. The second-order valence-electron chi connectivity index (χ2n) is 8.48. The smallest absolute Gasteiger partial charge is 0.240 e. The van der Waals surface area contributed by atoms with Gasteiger partial charge >= 0.3 is 0 Å². The lowest BCUT2D eigenvalue weighted by atomic mass is 9.85. The number of aromatic nitrogens is 1. The Morgan fingerprint density at radius 3 is 2.45 bits per heavy atom. The van der Waals surface area contributed by atoms with Crippen LogP contribution in [0, 0.1) is 11.7 Å². The largest absolute Gasteiger partial charge is 0.493 e. The summed E-state index contributed by atoms with van der Waals surface area (Å²) >= 11 is 0. The van der Waals surface area contributed by atoms with Crippen LogP contribution in [-0.4, -0.2) is 30.5 Å². The van der Waals surface area contributed by atoms with E-state index >= 15 is 0 Å². The maximum absolute atomic E-state index is 13.1. The van der Waals surface area contributed by atoms with Crippen molar-refractivity contribution in [1.29, 1.82) is 0 Å². The summed E-state index contributed by atoms with van der Waals surface area (Å²) in [6.45, 7) is 1.85. The van der Waals surface area contributed by atoms with E-state index in [2.05, 4.69) is 15.0 Å². The van der Waals surface area contributed by atoms with E-state index in [1.165, 1.54) is 30.3 Å². The Morgan fingerprint density at radius 1 is 1.06 bits per heavy atom. The van der Waals surface area contributed by atoms with E-state index in [0.717, 1.165) is 5.56 Å². The van der Waals surface area contributed by atoms with Crippen molar-refractivity contribution in [3.05, 3.63) is 66.0 Å². The van der Waals surface area contributed by atoms with Gasteiger partial charge in [-0.15, -0.1) is 0 Å². The molecule has 4 rings (SSSR count). The summed E-state index contributed by atoms with van der Waals surface area (Å²) in [5, 5.41) is 13.1. The van der Waals surface area contributed by atoms with Crippen molar-refractivity contribution in [3.63, 3.8) is 0 Å². The lowest BCUT2D eigenvalue weighted by molar-refractivity contribution is -0.126. The molecule has 1 saturated carbocycles. The molecule has 9 heteroatoms. The standard InChI is InChI=1S/C24H26FN3O4S/c1-15(16-2-7-19(25)8-3-16)26-24(30)17-4-9-20(10-5-17)28-33(31,32)21-11-12-22-18(14-21)6-13-23(29)27-22/h2-3,6-8,11-15,17,20,28H,4-5,9-10H2,1H3,(H,26,30)(H,27,29)/t15-,17?,20?/m1/s1. The van der Waals surface area contributed by atoms with Crippen molar-refractivity contribution < 1.29 is 22.7 Å². The van der Waals surface area contributed by atoms with Crippen LogP contribution in [0.5, 0.6) is 5.88 Å². The number of nitrogens with one attached hydrogen (secondary N) is 2. The molecule has 2 aromatic carbocycles. The van der Waals surface area contributed by atoms with Gasteiger partial charge in [0.1, 0.15) is 5.82 Å². The van der Waals surface area contributed by atoms with Gasteiger partial charge in [-0.2, -0.15) is 0 Å². The van der Waals surface area contributed by atoms with Crippen LogP contribution in [0.25, 0.3) is 10.9 Å². The van der Waals surface area contributed by atoms with Gasteiger partial charge in [-0.25, -0.2) is 22.5 Å². The molecule has 0 aliphatic heterocycles.